The van der Waals surface area contributed by atoms with Gasteiger partial charge in [-0.25, -0.2) is 4.98 Å². The van der Waals surface area contributed by atoms with E-state index in [0.29, 0.717) is 37.9 Å². The lowest BCUT2D eigenvalue weighted by molar-refractivity contribution is 0.178. The first-order valence-electron chi connectivity index (χ1n) is 6.41. The number of nitrogens with two attached hydrogens (primary N) is 1. The van der Waals surface area contributed by atoms with Gasteiger partial charge in [0.1, 0.15) is 5.82 Å². The molecule has 7 heteroatoms. The van der Waals surface area contributed by atoms with Crippen molar-refractivity contribution in [3.63, 3.8) is 0 Å². The molecule has 0 radical (unpaired) electrons. The molecule has 0 aliphatic rings. The SMILES string of the molecule is CC(O)CN(CC(C)O)c1ccnc(NCCN)n1. The number of rotatable bonds is 8. The Morgan fingerprint density at radius 2 is 1.95 bits per heavy atom. The average Bonchev–Trinajstić information content (AvgIpc) is 2.35. The average molecular weight is 269 g/mol. The van der Waals surface area contributed by atoms with Crippen LogP contribution in [0.1, 0.15) is 13.8 Å². The van der Waals surface area contributed by atoms with Crippen LogP contribution < -0.4 is 16.0 Å². The van der Waals surface area contributed by atoms with Crippen LogP contribution >= 0.6 is 0 Å². The van der Waals surface area contributed by atoms with Gasteiger partial charge in [-0.3, -0.25) is 0 Å². The predicted octanol–water partition coefficient (Wildman–Crippen LogP) is -0.585. The van der Waals surface area contributed by atoms with Crippen LogP contribution in [-0.4, -0.2) is 58.6 Å². The molecule has 0 saturated heterocycles. The summed E-state index contributed by atoms with van der Waals surface area (Å²) in [5.41, 5.74) is 5.41. The van der Waals surface area contributed by atoms with E-state index in [1.165, 1.54) is 0 Å². The van der Waals surface area contributed by atoms with Gasteiger partial charge in [-0.05, 0) is 19.9 Å². The summed E-state index contributed by atoms with van der Waals surface area (Å²) in [6, 6.07) is 1.75. The summed E-state index contributed by atoms with van der Waals surface area (Å²) in [6.07, 6.45) is 0.626. The summed E-state index contributed by atoms with van der Waals surface area (Å²) in [5, 5.41) is 22.0. The van der Waals surface area contributed by atoms with Crippen LogP contribution in [0.2, 0.25) is 0 Å². The van der Waals surface area contributed by atoms with E-state index in [1.807, 2.05) is 4.90 Å². The van der Waals surface area contributed by atoms with Crippen LogP contribution in [-0.2, 0) is 0 Å². The maximum Gasteiger partial charge on any atom is 0.224 e. The minimum absolute atomic E-state index is 0.401. The summed E-state index contributed by atoms with van der Waals surface area (Å²) in [5.74, 6) is 1.15. The van der Waals surface area contributed by atoms with E-state index >= 15 is 0 Å². The Hall–Kier alpha value is -1.44. The smallest absolute Gasteiger partial charge is 0.224 e. The zero-order valence-corrected chi connectivity index (χ0v) is 11.5. The van der Waals surface area contributed by atoms with Gasteiger partial charge in [-0.2, -0.15) is 4.98 Å². The van der Waals surface area contributed by atoms with Crippen molar-refractivity contribution in [1.82, 2.24) is 9.97 Å². The fraction of sp³-hybridized carbons (Fsp3) is 0.667. The molecule has 0 saturated carbocycles. The Morgan fingerprint density at radius 1 is 1.32 bits per heavy atom. The summed E-state index contributed by atoms with van der Waals surface area (Å²) in [4.78, 5) is 10.3. The number of hydrogen-bond donors (Lipinski definition) is 4. The largest absolute Gasteiger partial charge is 0.392 e. The minimum atomic E-state index is -0.505. The first-order valence-corrected chi connectivity index (χ1v) is 6.41. The molecule has 1 aromatic heterocycles. The molecular formula is C12H23N5O2. The van der Waals surface area contributed by atoms with E-state index in [2.05, 4.69) is 15.3 Å². The monoisotopic (exact) mass is 269 g/mol. The molecule has 0 fully saturated rings. The standard InChI is InChI=1S/C12H23N5O2/c1-9(18)7-17(8-10(2)19)11-3-5-14-12(16-11)15-6-4-13/h3,5,9-10,18-19H,4,6-8,13H2,1-2H3,(H,14,15,16). The van der Waals surface area contributed by atoms with Crippen molar-refractivity contribution in [3.8, 4) is 0 Å². The summed E-state index contributed by atoms with van der Waals surface area (Å²) in [7, 11) is 0. The molecular weight excluding hydrogens is 246 g/mol. The van der Waals surface area contributed by atoms with Gasteiger partial charge in [0, 0.05) is 32.4 Å². The van der Waals surface area contributed by atoms with Crippen LogP contribution in [0.3, 0.4) is 0 Å². The number of anilines is 2. The van der Waals surface area contributed by atoms with Gasteiger partial charge in [0.05, 0.1) is 12.2 Å². The van der Waals surface area contributed by atoms with Crippen molar-refractivity contribution in [2.75, 3.05) is 36.4 Å². The van der Waals surface area contributed by atoms with Gasteiger partial charge < -0.3 is 26.2 Å². The lowest BCUT2D eigenvalue weighted by Gasteiger charge is -2.26. The van der Waals surface area contributed by atoms with Crippen LogP contribution in [0, 0.1) is 0 Å². The van der Waals surface area contributed by atoms with E-state index in [9.17, 15) is 10.2 Å². The highest BCUT2D eigenvalue weighted by Crippen LogP contribution is 2.13. The van der Waals surface area contributed by atoms with Crippen LogP contribution in [0.25, 0.3) is 0 Å². The molecule has 0 aliphatic heterocycles. The van der Waals surface area contributed by atoms with Crippen molar-refractivity contribution in [1.29, 1.82) is 0 Å². The number of aliphatic hydroxyl groups is 2. The Labute approximate surface area is 113 Å². The zero-order chi connectivity index (χ0) is 14.3. The number of nitrogens with one attached hydrogen (secondary N) is 1. The van der Waals surface area contributed by atoms with Gasteiger partial charge in [-0.15, -0.1) is 0 Å². The molecule has 1 rings (SSSR count). The van der Waals surface area contributed by atoms with Gasteiger partial charge in [0.15, 0.2) is 0 Å². The minimum Gasteiger partial charge on any atom is -0.392 e. The maximum atomic E-state index is 9.51. The van der Waals surface area contributed by atoms with Crippen molar-refractivity contribution in [2.24, 2.45) is 5.73 Å². The lowest BCUT2D eigenvalue weighted by atomic mass is 10.3. The van der Waals surface area contributed by atoms with Gasteiger partial charge >= 0.3 is 0 Å². The first-order chi connectivity index (χ1) is 9.02. The molecule has 0 spiro atoms. The number of hydrogen-bond acceptors (Lipinski definition) is 7. The second-order valence-corrected chi connectivity index (χ2v) is 4.56. The zero-order valence-electron chi connectivity index (χ0n) is 11.5. The molecule has 0 amide bonds. The summed E-state index contributed by atoms with van der Waals surface area (Å²) in [6.45, 7) is 5.29. The molecule has 19 heavy (non-hydrogen) atoms. The Kier molecular flexibility index (Phi) is 6.48. The van der Waals surface area contributed by atoms with E-state index in [1.54, 1.807) is 26.1 Å². The summed E-state index contributed by atoms with van der Waals surface area (Å²) >= 11 is 0. The molecule has 0 aliphatic carbocycles. The summed E-state index contributed by atoms with van der Waals surface area (Å²) < 4.78 is 0. The Morgan fingerprint density at radius 3 is 2.47 bits per heavy atom. The Bertz CT molecular complexity index is 363. The lowest BCUT2D eigenvalue weighted by Crippen LogP contribution is -2.37. The highest BCUT2D eigenvalue weighted by molar-refractivity contribution is 5.42. The third-order valence-corrected chi connectivity index (χ3v) is 2.36. The van der Waals surface area contributed by atoms with Crippen molar-refractivity contribution in [2.45, 2.75) is 26.1 Å². The first kappa shape index (κ1) is 15.6. The van der Waals surface area contributed by atoms with Crippen molar-refractivity contribution in [3.05, 3.63) is 12.3 Å². The molecule has 1 heterocycles. The van der Waals surface area contributed by atoms with Crippen molar-refractivity contribution >= 4 is 11.8 Å². The molecule has 2 atom stereocenters. The predicted molar refractivity (Wildman–Crippen MR) is 75.2 cm³/mol. The topological polar surface area (TPSA) is 108 Å². The number of aliphatic hydroxyl groups excluding tert-OH is 2. The molecule has 5 N–H and O–H groups in total. The van der Waals surface area contributed by atoms with E-state index < -0.39 is 12.2 Å². The highest BCUT2D eigenvalue weighted by Gasteiger charge is 2.13. The fourth-order valence-corrected chi connectivity index (χ4v) is 1.69. The van der Waals surface area contributed by atoms with E-state index in [-0.39, 0.29) is 0 Å². The van der Waals surface area contributed by atoms with Gasteiger partial charge in [0.25, 0.3) is 0 Å². The second-order valence-electron chi connectivity index (χ2n) is 4.56. The molecule has 7 nitrogen and oxygen atoms in total. The third-order valence-electron chi connectivity index (χ3n) is 2.36. The van der Waals surface area contributed by atoms with Gasteiger partial charge in [-0.1, -0.05) is 0 Å². The van der Waals surface area contributed by atoms with E-state index in [0.717, 1.165) is 0 Å². The molecule has 0 aromatic carbocycles. The number of nitrogens with zero attached hydrogens (tertiary/aromatic N) is 3. The molecule has 2 unspecified atom stereocenters. The molecule has 1 aromatic rings. The Balaban J connectivity index is 2.81. The maximum absolute atomic E-state index is 9.51. The van der Waals surface area contributed by atoms with Crippen LogP contribution in [0.4, 0.5) is 11.8 Å². The van der Waals surface area contributed by atoms with Gasteiger partial charge in [0.2, 0.25) is 5.95 Å². The van der Waals surface area contributed by atoms with Crippen molar-refractivity contribution < 1.29 is 10.2 Å². The molecule has 108 valence electrons. The normalized spacial score (nSPS) is 13.9. The van der Waals surface area contributed by atoms with E-state index in [4.69, 9.17) is 5.73 Å². The second kappa shape index (κ2) is 7.88. The quantitative estimate of drug-likeness (QED) is 0.500. The fourth-order valence-electron chi connectivity index (χ4n) is 1.69. The van der Waals surface area contributed by atoms with Crippen LogP contribution in [0.5, 0.6) is 0 Å². The van der Waals surface area contributed by atoms with Crippen LogP contribution in [0.15, 0.2) is 12.3 Å². The molecule has 0 bridgehead atoms. The highest BCUT2D eigenvalue weighted by atomic mass is 16.3. The number of aromatic nitrogens is 2. The third kappa shape index (κ3) is 5.82.